The van der Waals surface area contributed by atoms with Gasteiger partial charge in [-0.25, -0.2) is 0 Å². The van der Waals surface area contributed by atoms with Crippen LogP contribution in [0.4, 0.5) is 0 Å². The molecule has 0 aromatic heterocycles. The van der Waals surface area contributed by atoms with E-state index in [1.165, 1.54) is 37.7 Å². The molecule has 9 atom stereocenters. The van der Waals surface area contributed by atoms with Crippen LogP contribution in [0, 0.1) is 39.9 Å². The molecule has 134 valence electrons. The van der Waals surface area contributed by atoms with Gasteiger partial charge in [-0.15, -0.1) is 0 Å². The van der Waals surface area contributed by atoms with Crippen LogP contribution in [-0.2, 0) is 9.53 Å². The smallest absolute Gasteiger partial charge is 0.137 e. The summed E-state index contributed by atoms with van der Waals surface area (Å²) >= 11 is 0. The van der Waals surface area contributed by atoms with Crippen molar-refractivity contribution in [3.05, 3.63) is 12.2 Å². The molecular formula is C22H29NO2. The molecule has 8 aliphatic rings. The van der Waals surface area contributed by atoms with Gasteiger partial charge >= 0.3 is 0 Å². The quantitative estimate of drug-likeness (QED) is 0.634. The molecule has 0 amide bonds. The Hall–Kier alpha value is -0.670. The highest BCUT2D eigenvalue weighted by Gasteiger charge is 2.83. The van der Waals surface area contributed by atoms with Gasteiger partial charge in [0.1, 0.15) is 12.0 Å². The molecular weight excluding hydrogens is 310 g/mol. The van der Waals surface area contributed by atoms with Crippen molar-refractivity contribution in [2.75, 3.05) is 13.2 Å². The topological polar surface area (TPSA) is 29.5 Å². The first-order chi connectivity index (χ1) is 12.0. The van der Waals surface area contributed by atoms with Gasteiger partial charge in [-0.2, -0.15) is 0 Å². The SMILES string of the molecule is C=C1C[C@@]23CC(=O)[C@@H]4[C@]5(C)CCC[C@@]46[C@@H]2C[C@@H]1C[C@@H]3[C@H]6N1CCO[C@H]15. The number of hydrogen-bond donors (Lipinski definition) is 0. The number of hydrogen-bond acceptors (Lipinski definition) is 3. The lowest BCUT2D eigenvalue weighted by Gasteiger charge is -2.67. The van der Waals surface area contributed by atoms with Gasteiger partial charge in [0.2, 0.25) is 0 Å². The molecule has 3 heteroatoms. The Morgan fingerprint density at radius 2 is 2.12 bits per heavy atom. The van der Waals surface area contributed by atoms with Gasteiger partial charge in [0.05, 0.1) is 6.61 Å². The van der Waals surface area contributed by atoms with Crippen LogP contribution in [0.25, 0.3) is 0 Å². The number of carbonyl (C=O) groups is 1. The maximum absolute atomic E-state index is 13.7. The minimum Gasteiger partial charge on any atom is -0.361 e. The number of carbonyl (C=O) groups excluding carboxylic acids is 1. The van der Waals surface area contributed by atoms with Gasteiger partial charge < -0.3 is 4.74 Å². The maximum Gasteiger partial charge on any atom is 0.137 e. The van der Waals surface area contributed by atoms with E-state index in [0.717, 1.165) is 43.7 Å². The number of Topliss-reactive ketones (excluding diaryl/α,β-unsaturated/α-hetero) is 1. The zero-order valence-corrected chi connectivity index (χ0v) is 15.3. The second-order valence-corrected chi connectivity index (χ2v) is 10.8. The van der Waals surface area contributed by atoms with E-state index in [1.54, 1.807) is 0 Å². The summed E-state index contributed by atoms with van der Waals surface area (Å²) in [7, 11) is 0. The van der Waals surface area contributed by atoms with Crippen LogP contribution < -0.4 is 0 Å². The average Bonchev–Trinajstić information content (AvgIpc) is 3.05. The van der Waals surface area contributed by atoms with Crippen molar-refractivity contribution in [1.82, 2.24) is 4.90 Å². The zero-order valence-electron chi connectivity index (χ0n) is 15.3. The molecule has 3 nitrogen and oxygen atoms in total. The van der Waals surface area contributed by atoms with Crippen LogP contribution in [0.3, 0.4) is 0 Å². The summed E-state index contributed by atoms with van der Waals surface area (Å²) < 4.78 is 6.35. The van der Waals surface area contributed by atoms with Crippen LogP contribution in [0.2, 0.25) is 0 Å². The third kappa shape index (κ3) is 1.22. The molecule has 2 heterocycles. The third-order valence-electron chi connectivity index (χ3n) is 10.4. The van der Waals surface area contributed by atoms with Crippen molar-refractivity contribution in [1.29, 1.82) is 0 Å². The lowest BCUT2D eigenvalue weighted by atomic mass is 9.39. The van der Waals surface area contributed by atoms with E-state index in [2.05, 4.69) is 18.4 Å². The molecule has 0 unspecified atom stereocenters. The lowest BCUT2D eigenvalue weighted by Crippen LogP contribution is -2.71. The minimum atomic E-state index is 0.0533. The van der Waals surface area contributed by atoms with Crippen molar-refractivity contribution in [2.24, 2.45) is 39.9 Å². The van der Waals surface area contributed by atoms with E-state index in [4.69, 9.17) is 4.74 Å². The van der Waals surface area contributed by atoms with Gasteiger partial charge in [-0.1, -0.05) is 25.5 Å². The Balaban J connectivity index is 1.54. The predicted molar refractivity (Wildman–Crippen MR) is 93.6 cm³/mol. The minimum absolute atomic E-state index is 0.0533. The lowest BCUT2D eigenvalue weighted by molar-refractivity contribution is -0.233. The first-order valence-electron chi connectivity index (χ1n) is 10.6. The van der Waals surface area contributed by atoms with Crippen molar-refractivity contribution in [3.63, 3.8) is 0 Å². The molecule has 8 rings (SSSR count). The number of ketones is 1. The van der Waals surface area contributed by atoms with E-state index >= 15 is 0 Å². The summed E-state index contributed by atoms with van der Waals surface area (Å²) in [5, 5.41) is 0. The number of allylic oxidation sites excluding steroid dienone is 1. The van der Waals surface area contributed by atoms with Crippen molar-refractivity contribution in [2.45, 2.75) is 64.1 Å². The summed E-state index contributed by atoms with van der Waals surface area (Å²) in [6.07, 6.45) is 8.64. The molecule has 6 saturated carbocycles. The van der Waals surface area contributed by atoms with Crippen LogP contribution >= 0.6 is 0 Å². The van der Waals surface area contributed by atoms with Gasteiger partial charge in [0, 0.05) is 35.8 Å². The van der Waals surface area contributed by atoms with Crippen molar-refractivity contribution < 1.29 is 9.53 Å². The predicted octanol–water partition coefficient (Wildman–Crippen LogP) is 3.39. The number of piperidine rings is 1. The van der Waals surface area contributed by atoms with Crippen LogP contribution in [0.5, 0.6) is 0 Å². The molecule has 6 bridgehead atoms. The summed E-state index contributed by atoms with van der Waals surface area (Å²) in [6.45, 7) is 8.83. The molecule has 2 spiro atoms. The second kappa shape index (κ2) is 3.94. The third-order valence-corrected chi connectivity index (χ3v) is 10.4. The maximum atomic E-state index is 13.7. The molecule has 6 aliphatic carbocycles. The van der Waals surface area contributed by atoms with Crippen LogP contribution in [0.15, 0.2) is 12.2 Å². The number of fused-ring (bicyclic) bond motifs is 4. The van der Waals surface area contributed by atoms with Crippen LogP contribution in [-0.4, -0.2) is 36.1 Å². The van der Waals surface area contributed by atoms with Crippen LogP contribution in [0.1, 0.15) is 51.9 Å². The zero-order chi connectivity index (χ0) is 16.8. The first kappa shape index (κ1) is 14.4. The fraction of sp³-hybridized carbons (Fsp3) is 0.864. The monoisotopic (exact) mass is 339 g/mol. The molecule has 0 N–H and O–H groups in total. The number of ether oxygens (including phenoxy) is 1. The van der Waals surface area contributed by atoms with E-state index < -0.39 is 0 Å². The standard InChI is InChI=1S/C22H29NO2/c1-12-10-21-11-15(24)17-20(2)4-3-5-22(17)16(21)9-13(12)8-14(21)18(22)23-6-7-25-19(20)23/h13-14,16-19H,1,3-11H2,2H3/t13-,14+,16+,17+,18+,19-,20-,21-,22+/m0/s1. The molecule has 0 aromatic carbocycles. The highest BCUT2D eigenvalue weighted by Crippen LogP contribution is 2.83. The van der Waals surface area contributed by atoms with E-state index in [9.17, 15) is 4.79 Å². The fourth-order valence-corrected chi connectivity index (χ4v) is 10.3. The summed E-state index contributed by atoms with van der Waals surface area (Å²) in [4.78, 5) is 16.5. The summed E-state index contributed by atoms with van der Waals surface area (Å²) in [5.41, 5.74) is 2.06. The Labute approximate surface area is 150 Å². The number of nitrogens with zero attached hydrogens (tertiary/aromatic N) is 1. The highest BCUT2D eigenvalue weighted by atomic mass is 16.5. The van der Waals surface area contributed by atoms with E-state index in [1.807, 2.05) is 0 Å². The van der Waals surface area contributed by atoms with E-state index in [0.29, 0.717) is 11.8 Å². The Bertz CT molecular complexity index is 732. The average molecular weight is 339 g/mol. The normalized spacial score (nSPS) is 63.9. The molecule has 2 aliphatic heterocycles. The Morgan fingerprint density at radius 1 is 1.24 bits per heavy atom. The van der Waals surface area contributed by atoms with Crippen molar-refractivity contribution >= 4 is 5.78 Å². The summed E-state index contributed by atoms with van der Waals surface area (Å²) in [6, 6.07) is 0.618. The molecule has 0 radical (unpaired) electrons. The van der Waals surface area contributed by atoms with Gasteiger partial charge in [0.15, 0.2) is 0 Å². The molecule has 8 fully saturated rings. The second-order valence-electron chi connectivity index (χ2n) is 10.8. The fourth-order valence-electron chi connectivity index (χ4n) is 10.3. The van der Waals surface area contributed by atoms with E-state index in [-0.39, 0.29) is 28.4 Å². The van der Waals surface area contributed by atoms with Gasteiger partial charge in [0.25, 0.3) is 0 Å². The number of rotatable bonds is 0. The molecule has 0 aromatic rings. The summed E-state index contributed by atoms with van der Waals surface area (Å²) in [5.74, 6) is 3.12. The van der Waals surface area contributed by atoms with Crippen molar-refractivity contribution in [3.8, 4) is 0 Å². The highest BCUT2D eigenvalue weighted by molar-refractivity contribution is 5.86. The Morgan fingerprint density at radius 3 is 3.00 bits per heavy atom. The molecule has 25 heavy (non-hydrogen) atoms. The first-order valence-corrected chi connectivity index (χ1v) is 10.6. The van der Waals surface area contributed by atoms with Gasteiger partial charge in [-0.3, -0.25) is 9.69 Å². The largest absolute Gasteiger partial charge is 0.361 e. The molecule has 2 saturated heterocycles. The van der Waals surface area contributed by atoms with Gasteiger partial charge in [-0.05, 0) is 55.3 Å². The Kier molecular flexibility index (Phi) is 2.27.